The molecular weight excluding hydrogens is 308 g/mol. The maximum Gasteiger partial charge on any atom is 0.286 e. The van der Waals surface area contributed by atoms with Crippen LogP contribution in [0.25, 0.3) is 16.9 Å². The smallest absolute Gasteiger partial charge is 0.233 e. The molecule has 0 N–H and O–H groups in total. The predicted octanol–water partition coefficient (Wildman–Crippen LogP) is 4.85. The van der Waals surface area contributed by atoms with E-state index in [0.29, 0.717) is 5.56 Å². The Labute approximate surface area is 138 Å². The van der Waals surface area contributed by atoms with E-state index in [9.17, 15) is 8.78 Å². The maximum absolute atomic E-state index is 14.0. The largest absolute Gasteiger partial charge is 0.286 e. The first-order valence-electron chi connectivity index (χ1n) is 7.49. The van der Waals surface area contributed by atoms with Crippen molar-refractivity contribution in [1.29, 1.82) is 5.26 Å². The fourth-order valence-electron chi connectivity index (χ4n) is 2.58. The third-order valence-electron chi connectivity index (χ3n) is 3.71. The van der Waals surface area contributed by atoms with Gasteiger partial charge in [0.2, 0.25) is 0 Å². The van der Waals surface area contributed by atoms with Crippen LogP contribution in [0.15, 0.2) is 60.7 Å². The van der Waals surface area contributed by atoms with Crippen LogP contribution < -0.4 is 0 Å². The average molecular weight is 323 g/mol. The van der Waals surface area contributed by atoms with E-state index in [1.807, 2.05) is 43.3 Å². The molecule has 5 heteroatoms. The summed E-state index contributed by atoms with van der Waals surface area (Å²) in [7, 11) is 0. The zero-order chi connectivity index (χ0) is 17.2. The molecule has 0 radical (unpaired) electrons. The third kappa shape index (κ3) is 3.04. The van der Waals surface area contributed by atoms with E-state index in [1.165, 1.54) is 18.2 Å². The zero-order valence-electron chi connectivity index (χ0n) is 13.1. The van der Waals surface area contributed by atoms with Crippen LogP contribution in [0.4, 0.5) is 8.78 Å². The van der Waals surface area contributed by atoms with Gasteiger partial charge < -0.3 is 0 Å². The summed E-state index contributed by atoms with van der Waals surface area (Å²) in [5, 5.41) is 13.1. The van der Waals surface area contributed by atoms with E-state index in [2.05, 4.69) is 5.10 Å². The highest BCUT2D eigenvalue weighted by Crippen LogP contribution is 2.34. The van der Waals surface area contributed by atoms with Crippen LogP contribution in [0.1, 0.15) is 17.7 Å². The summed E-state index contributed by atoms with van der Waals surface area (Å²) >= 11 is 0. The SMILES string of the molecule is Cc1cc(-c2cccc(C(F)(F)CC#N)c2)n(-c2ccccc2)n1. The van der Waals surface area contributed by atoms with Gasteiger partial charge in [-0.05, 0) is 31.2 Å². The number of halogens is 2. The normalized spacial score (nSPS) is 11.2. The van der Waals surface area contributed by atoms with Gasteiger partial charge in [-0.25, -0.2) is 13.5 Å². The lowest BCUT2D eigenvalue weighted by atomic mass is 10.0. The molecule has 0 fully saturated rings. The number of nitriles is 1. The lowest BCUT2D eigenvalue weighted by molar-refractivity contribution is 0.000988. The van der Waals surface area contributed by atoms with Crippen LogP contribution in [0.3, 0.4) is 0 Å². The summed E-state index contributed by atoms with van der Waals surface area (Å²) < 4.78 is 29.8. The summed E-state index contributed by atoms with van der Waals surface area (Å²) in [4.78, 5) is 0. The highest BCUT2D eigenvalue weighted by molar-refractivity contribution is 5.64. The first kappa shape index (κ1) is 15.9. The van der Waals surface area contributed by atoms with Crippen molar-refractivity contribution in [1.82, 2.24) is 9.78 Å². The van der Waals surface area contributed by atoms with Gasteiger partial charge >= 0.3 is 0 Å². The van der Waals surface area contributed by atoms with Gasteiger partial charge in [0.05, 0.1) is 23.1 Å². The van der Waals surface area contributed by atoms with E-state index in [0.717, 1.165) is 17.1 Å². The third-order valence-corrected chi connectivity index (χ3v) is 3.71. The quantitative estimate of drug-likeness (QED) is 0.688. The standard InChI is InChI=1S/C19H15F2N3/c1-14-12-18(24(23-14)17-8-3-2-4-9-17)15-6-5-7-16(13-15)19(20,21)10-11-22/h2-9,12-13H,10H2,1H3. The number of hydrogen-bond donors (Lipinski definition) is 0. The van der Waals surface area contributed by atoms with Gasteiger partial charge in [0, 0.05) is 11.1 Å². The summed E-state index contributed by atoms with van der Waals surface area (Å²) in [5.41, 5.74) is 2.85. The Balaban J connectivity index is 2.10. The molecule has 3 rings (SSSR count). The molecule has 0 aliphatic rings. The predicted molar refractivity (Wildman–Crippen MR) is 87.9 cm³/mol. The Morgan fingerprint density at radius 1 is 1.08 bits per heavy atom. The Morgan fingerprint density at radius 2 is 1.83 bits per heavy atom. The van der Waals surface area contributed by atoms with Crippen LogP contribution in [-0.4, -0.2) is 9.78 Å². The first-order chi connectivity index (χ1) is 11.5. The van der Waals surface area contributed by atoms with Crippen LogP contribution in [0.5, 0.6) is 0 Å². The molecule has 0 aliphatic heterocycles. The van der Waals surface area contributed by atoms with E-state index in [-0.39, 0.29) is 5.56 Å². The molecule has 3 nitrogen and oxygen atoms in total. The van der Waals surface area contributed by atoms with Crippen molar-refractivity contribution in [3.63, 3.8) is 0 Å². The summed E-state index contributed by atoms with van der Waals surface area (Å²) in [6.07, 6.45) is -0.840. The van der Waals surface area contributed by atoms with Gasteiger partial charge in [-0.1, -0.05) is 36.4 Å². The first-order valence-corrected chi connectivity index (χ1v) is 7.49. The molecule has 0 saturated carbocycles. The van der Waals surface area contributed by atoms with Gasteiger partial charge in [-0.2, -0.15) is 10.4 Å². The molecule has 3 aromatic rings. The minimum atomic E-state index is -3.17. The second-order valence-electron chi connectivity index (χ2n) is 5.54. The number of rotatable bonds is 4. The van der Waals surface area contributed by atoms with Crippen LogP contribution in [0.2, 0.25) is 0 Å². The molecule has 0 atom stereocenters. The Hall–Kier alpha value is -3.00. The lowest BCUT2D eigenvalue weighted by Crippen LogP contribution is -2.12. The topological polar surface area (TPSA) is 41.6 Å². The van der Waals surface area contributed by atoms with Crippen LogP contribution >= 0.6 is 0 Å². The van der Waals surface area contributed by atoms with Crippen LogP contribution in [0, 0.1) is 18.3 Å². The van der Waals surface area contributed by atoms with Gasteiger partial charge in [0.1, 0.15) is 6.42 Å². The van der Waals surface area contributed by atoms with Crippen molar-refractivity contribution >= 4 is 0 Å². The molecule has 0 saturated heterocycles. The molecule has 0 bridgehead atoms. The zero-order valence-corrected chi connectivity index (χ0v) is 13.1. The summed E-state index contributed by atoms with van der Waals surface area (Å²) in [6.45, 7) is 1.86. The fourth-order valence-corrected chi connectivity index (χ4v) is 2.58. The molecular formula is C19H15F2N3. The highest BCUT2D eigenvalue weighted by Gasteiger charge is 2.31. The second-order valence-corrected chi connectivity index (χ2v) is 5.54. The average Bonchev–Trinajstić information content (AvgIpc) is 2.98. The Kier molecular flexibility index (Phi) is 4.13. The van der Waals surface area contributed by atoms with Crippen LogP contribution in [-0.2, 0) is 5.92 Å². The summed E-state index contributed by atoms with van der Waals surface area (Å²) in [6, 6.07) is 19.0. The Morgan fingerprint density at radius 3 is 2.54 bits per heavy atom. The van der Waals surface area contributed by atoms with E-state index in [4.69, 9.17) is 5.26 Å². The summed E-state index contributed by atoms with van der Waals surface area (Å²) in [5.74, 6) is -3.17. The molecule has 120 valence electrons. The molecule has 0 unspecified atom stereocenters. The number of aryl methyl sites for hydroxylation is 1. The molecule has 0 spiro atoms. The van der Waals surface area contributed by atoms with Gasteiger partial charge in [0.25, 0.3) is 5.92 Å². The van der Waals surface area contributed by atoms with Crippen molar-refractivity contribution < 1.29 is 8.78 Å². The van der Waals surface area contributed by atoms with Crippen molar-refractivity contribution in [2.45, 2.75) is 19.3 Å². The monoisotopic (exact) mass is 323 g/mol. The molecule has 1 aromatic heterocycles. The molecule has 2 aromatic carbocycles. The fraction of sp³-hybridized carbons (Fsp3) is 0.158. The molecule has 0 amide bonds. The number of benzene rings is 2. The number of aromatic nitrogens is 2. The van der Waals surface area contributed by atoms with Crippen molar-refractivity contribution in [3.8, 4) is 23.0 Å². The van der Waals surface area contributed by atoms with Gasteiger partial charge in [-0.15, -0.1) is 0 Å². The van der Waals surface area contributed by atoms with Crippen molar-refractivity contribution in [3.05, 3.63) is 71.9 Å². The lowest BCUT2D eigenvalue weighted by Gasteiger charge is -2.14. The number of para-hydroxylation sites is 1. The molecule has 0 aliphatic carbocycles. The maximum atomic E-state index is 14.0. The van der Waals surface area contributed by atoms with Crippen molar-refractivity contribution in [2.75, 3.05) is 0 Å². The Bertz CT molecular complexity index is 892. The van der Waals surface area contributed by atoms with E-state index >= 15 is 0 Å². The minimum absolute atomic E-state index is 0.167. The number of alkyl halides is 2. The van der Waals surface area contributed by atoms with E-state index < -0.39 is 12.3 Å². The van der Waals surface area contributed by atoms with Crippen molar-refractivity contribution in [2.24, 2.45) is 0 Å². The molecule has 1 heterocycles. The minimum Gasteiger partial charge on any atom is -0.233 e. The van der Waals surface area contributed by atoms with Gasteiger partial charge in [0.15, 0.2) is 0 Å². The van der Waals surface area contributed by atoms with Gasteiger partial charge in [-0.3, -0.25) is 0 Å². The highest BCUT2D eigenvalue weighted by atomic mass is 19.3. The van der Waals surface area contributed by atoms with E-state index in [1.54, 1.807) is 16.8 Å². The number of hydrogen-bond acceptors (Lipinski definition) is 2. The second kappa shape index (κ2) is 6.25. The molecule has 24 heavy (non-hydrogen) atoms. The number of nitrogens with zero attached hydrogens (tertiary/aromatic N) is 3.